The minimum Gasteiger partial charge on any atom is -0.456 e. The molecule has 7 heteroatoms. The fraction of sp³-hybridized carbons (Fsp3) is 0.200. The molecule has 0 amide bonds. The molecule has 2 rings (SSSR count). The summed E-state index contributed by atoms with van der Waals surface area (Å²) < 4.78 is 30.4. The van der Waals surface area contributed by atoms with Crippen molar-refractivity contribution >= 4 is 21.4 Å². The molecule has 1 unspecified atom stereocenters. The quantitative estimate of drug-likeness (QED) is 0.841. The van der Waals surface area contributed by atoms with E-state index in [1.165, 1.54) is 6.07 Å². The van der Waals surface area contributed by atoms with Crippen molar-refractivity contribution in [3.05, 3.63) is 53.6 Å². The van der Waals surface area contributed by atoms with Crippen molar-refractivity contribution in [2.24, 2.45) is 5.73 Å². The van der Waals surface area contributed by atoms with E-state index in [4.69, 9.17) is 27.2 Å². The molecule has 2 aromatic rings. The Morgan fingerprint density at radius 1 is 1.14 bits per heavy atom. The van der Waals surface area contributed by atoms with Gasteiger partial charge in [-0.25, -0.2) is 8.42 Å². The lowest BCUT2D eigenvalue weighted by Crippen LogP contribution is -2.33. The van der Waals surface area contributed by atoms with Crippen LogP contribution in [-0.4, -0.2) is 31.9 Å². The normalized spacial score (nSPS) is 12.9. The first-order valence-corrected chi connectivity index (χ1v) is 8.57. The number of aliphatic hydroxyl groups excluding tert-OH is 1. The topological polar surface area (TPSA) is 89.6 Å². The van der Waals surface area contributed by atoms with E-state index in [1.54, 1.807) is 42.5 Å². The Labute approximate surface area is 134 Å². The molecule has 0 heterocycles. The number of hydrogen-bond donors (Lipinski definition) is 2. The number of ether oxygens (including phenoxy) is 1. The molecule has 0 aliphatic carbocycles. The van der Waals surface area contributed by atoms with Gasteiger partial charge in [-0.2, -0.15) is 0 Å². The largest absolute Gasteiger partial charge is 0.456 e. The molecule has 0 saturated carbocycles. The van der Waals surface area contributed by atoms with Gasteiger partial charge >= 0.3 is 0 Å². The van der Waals surface area contributed by atoms with Crippen LogP contribution in [0.2, 0.25) is 5.02 Å². The molecule has 0 aliphatic heterocycles. The summed E-state index contributed by atoms with van der Waals surface area (Å²) in [6.07, 6.45) is 0. The standard InChI is InChI=1S/C15H16ClNO4S/c16-11-5-7-13(8-6-11)21-14-3-1-2-4-15(14)22(19,20)10-12(17)9-18/h1-8,12,18H,9-10,17H2. The molecule has 0 radical (unpaired) electrons. The van der Waals surface area contributed by atoms with Crippen LogP contribution in [0.25, 0.3) is 0 Å². The van der Waals surface area contributed by atoms with Gasteiger partial charge in [-0.15, -0.1) is 0 Å². The van der Waals surface area contributed by atoms with Crippen LogP contribution in [0.4, 0.5) is 0 Å². The van der Waals surface area contributed by atoms with E-state index in [1.807, 2.05) is 0 Å². The zero-order valence-corrected chi connectivity index (χ0v) is 13.2. The van der Waals surface area contributed by atoms with Crippen molar-refractivity contribution in [1.29, 1.82) is 0 Å². The van der Waals surface area contributed by atoms with Gasteiger partial charge < -0.3 is 15.6 Å². The predicted molar refractivity (Wildman–Crippen MR) is 85.1 cm³/mol. The fourth-order valence-corrected chi connectivity index (χ4v) is 3.52. The maximum atomic E-state index is 12.4. The molecule has 1 atom stereocenters. The molecule has 5 nitrogen and oxygen atoms in total. The third kappa shape index (κ3) is 4.20. The highest BCUT2D eigenvalue weighted by Gasteiger charge is 2.22. The van der Waals surface area contributed by atoms with Gasteiger partial charge in [0.05, 0.1) is 12.4 Å². The Kier molecular flexibility index (Phi) is 5.42. The van der Waals surface area contributed by atoms with Crippen LogP contribution in [-0.2, 0) is 9.84 Å². The van der Waals surface area contributed by atoms with Gasteiger partial charge in [-0.1, -0.05) is 23.7 Å². The minimum atomic E-state index is -3.67. The van der Waals surface area contributed by atoms with E-state index in [2.05, 4.69) is 0 Å². The van der Waals surface area contributed by atoms with Crippen molar-refractivity contribution in [3.8, 4) is 11.5 Å². The smallest absolute Gasteiger partial charge is 0.183 e. The summed E-state index contributed by atoms with van der Waals surface area (Å²) >= 11 is 5.80. The first kappa shape index (κ1) is 16.8. The summed E-state index contributed by atoms with van der Waals surface area (Å²) in [6.45, 7) is -0.403. The third-order valence-electron chi connectivity index (χ3n) is 2.89. The SMILES string of the molecule is NC(CO)CS(=O)(=O)c1ccccc1Oc1ccc(Cl)cc1. The Balaban J connectivity index is 2.32. The molecule has 118 valence electrons. The summed E-state index contributed by atoms with van der Waals surface area (Å²) in [5.41, 5.74) is 5.53. The van der Waals surface area contributed by atoms with Crippen LogP contribution in [0, 0.1) is 0 Å². The lowest BCUT2D eigenvalue weighted by atomic mass is 10.3. The molecule has 0 saturated heterocycles. The van der Waals surface area contributed by atoms with Gasteiger partial charge in [-0.05, 0) is 36.4 Å². The summed E-state index contributed by atoms with van der Waals surface area (Å²) in [5.74, 6) is 0.318. The second-order valence-electron chi connectivity index (χ2n) is 4.73. The van der Waals surface area contributed by atoms with Crippen LogP contribution in [0.3, 0.4) is 0 Å². The average Bonchev–Trinajstić information content (AvgIpc) is 2.49. The molecule has 0 fully saturated rings. The molecule has 0 aliphatic rings. The number of sulfone groups is 1. The predicted octanol–water partition coefficient (Wildman–Crippen LogP) is 2.23. The maximum absolute atomic E-state index is 12.4. The van der Waals surface area contributed by atoms with Crippen LogP contribution in [0.15, 0.2) is 53.4 Å². The second-order valence-corrected chi connectivity index (χ2v) is 7.17. The fourth-order valence-electron chi connectivity index (χ4n) is 1.85. The van der Waals surface area contributed by atoms with Gasteiger partial charge in [0.1, 0.15) is 16.4 Å². The molecule has 0 bridgehead atoms. The summed E-state index contributed by atoms with van der Waals surface area (Å²) in [7, 11) is -3.67. The van der Waals surface area contributed by atoms with Crippen molar-refractivity contribution in [1.82, 2.24) is 0 Å². The van der Waals surface area contributed by atoms with Crippen molar-refractivity contribution in [3.63, 3.8) is 0 Å². The summed E-state index contributed by atoms with van der Waals surface area (Å²) in [4.78, 5) is 0.0360. The zero-order chi connectivity index (χ0) is 16.2. The van der Waals surface area contributed by atoms with E-state index >= 15 is 0 Å². The Morgan fingerprint density at radius 2 is 1.77 bits per heavy atom. The van der Waals surface area contributed by atoms with E-state index in [-0.39, 0.29) is 16.4 Å². The van der Waals surface area contributed by atoms with Crippen LogP contribution >= 0.6 is 11.6 Å². The third-order valence-corrected chi connectivity index (χ3v) is 5.02. The highest BCUT2D eigenvalue weighted by atomic mass is 35.5. The average molecular weight is 342 g/mol. The van der Waals surface area contributed by atoms with Gasteiger partial charge in [0.25, 0.3) is 0 Å². The molecule has 0 spiro atoms. The second kappa shape index (κ2) is 7.11. The number of aliphatic hydroxyl groups is 1. The number of para-hydroxylation sites is 1. The zero-order valence-electron chi connectivity index (χ0n) is 11.6. The minimum absolute atomic E-state index is 0.0360. The van der Waals surface area contributed by atoms with E-state index < -0.39 is 22.5 Å². The first-order chi connectivity index (χ1) is 10.4. The molecule has 3 N–H and O–H groups in total. The number of nitrogens with two attached hydrogens (primary N) is 1. The van der Waals surface area contributed by atoms with Crippen LogP contribution in [0.5, 0.6) is 11.5 Å². The maximum Gasteiger partial charge on any atom is 0.183 e. The number of halogens is 1. The lowest BCUT2D eigenvalue weighted by molar-refractivity contribution is 0.274. The Bertz CT molecular complexity index is 731. The molecule has 22 heavy (non-hydrogen) atoms. The number of hydrogen-bond acceptors (Lipinski definition) is 5. The van der Waals surface area contributed by atoms with Crippen LogP contribution in [0.1, 0.15) is 0 Å². The van der Waals surface area contributed by atoms with Crippen molar-refractivity contribution in [2.45, 2.75) is 10.9 Å². The van der Waals surface area contributed by atoms with Gasteiger partial charge in [0, 0.05) is 11.1 Å². The lowest BCUT2D eigenvalue weighted by Gasteiger charge is -2.13. The monoisotopic (exact) mass is 341 g/mol. The number of rotatable bonds is 6. The van der Waals surface area contributed by atoms with Gasteiger partial charge in [-0.3, -0.25) is 0 Å². The highest BCUT2D eigenvalue weighted by Crippen LogP contribution is 2.30. The Morgan fingerprint density at radius 3 is 2.41 bits per heavy atom. The summed E-state index contributed by atoms with van der Waals surface area (Å²) in [5, 5.41) is 9.50. The summed E-state index contributed by atoms with van der Waals surface area (Å²) in [6, 6.07) is 12.0. The van der Waals surface area contributed by atoms with Crippen LogP contribution < -0.4 is 10.5 Å². The molecular weight excluding hydrogens is 326 g/mol. The molecular formula is C15H16ClNO4S. The Hall–Kier alpha value is -1.60. The molecule has 2 aromatic carbocycles. The first-order valence-electron chi connectivity index (χ1n) is 6.54. The van der Waals surface area contributed by atoms with Crippen molar-refractivity contribution < 1.29 is 18.3 Å². The highest BCUT2D eigenvalue weighted by molar-refractivity contribution is 7.91. The van der Waals surface area contributed by atoms with E-state index in [0.29, 0.717) is 10.8 Å². The van der Waals surface area contributed by atoms with E-state index in [0.717, 1.165) is 0 Å². The van der Waals surface area contributed by atoms with Crippen molar-refractivity contribution in [2.75, 3.05) is 12.4 Å². The molecule has 0 aromatic heterocycles. The van der Waals surface area contributed by atoms with E-state index in [9.17, 15) is 8.42 Å². The number of benzene rings is 2. The van der Waals surface area contributed by atoms with Gasteiger partial charge in [0.15, 0.2) is 9.84 Å². The van der Waals surface area contributed by atoms with Gasteiger partial charge in [0.2, 0.25) is 0 Å².